The molecule has 0 spiro atoms. The predicted molar refractivity (Wildman–Crippen MR) is 67.6 cm³/mol. The monoisotopic (exact) mass is 262 g/mol. The highest BCUT2D eigenvalue weighted by molar-refractivity contribution is 7.90. The highest BCUT2D eigenvalue weighted by atomic mass is 32.2. The second-order valence-electron chi connectivity index (χ2n) is 3.95. The number of hydrogen-bond acceptors (Lipinski definition) is 4. The first-order valence-electron chi connectivity index (χ1n) is 5.36. The molecule has 1 atom stereocenters. The van der Waals surface area contributed by atoms with Gasteiger partial charge in [-0.1, -0.05) is 6.92 Å². The molecule has 0 aliphatic rings. The molecule has 1 aromatic heterocycles. The lowest BCUT2D eigenvalue weighted by Gasteiger charge is -2.07. The smallest absolute Gasteiger partial charge is 0.147 e. The second kappa shape index (κ2) is 5.80. The fraction of sp³-hybridized carbons (Fsp3) is 0.636. The van der Waals surface area contributed by atoms with Gasteiger partial charge in [0, 0.05) is 21.8 Å². The summed E-state index contributed by atoms with van der Waals surface area (Å²) in [5.74, 6) is 0.149. The lowest BCUT2D eigenvalue weighted by Crippen LogP contribution is -2.05. The van der Waals surface area contributed by atoms with E-state index >= 15 is 0 Å². The van der Waals surface area contributed by atoms with E-state index in [2.05, 4.69) is 6.92 Å². The van der Waals surface area contributed by atoms with Gasteiger partial charge in [-0.15, -0.1) is 11.3 Å². The third kappa shape index (κ3) is 4.63. The van der Waals surface area contributed by atoms with Crippen LogP contribution in [0.5, 0.6) is 0 Å². The zero-order valence-electron chi connectivity index (χ0n) is 9.64. The summed E-state index contributed by atoms with van der Waals surface area (Å²) in [6, 6.07) is 3.94. The van der Waals surface area contributed by atoms with Crippen LogP contribution in [0.15, 0.2) is 12.1 Å². The summed E-state index contributed by atoms with van der Waals surface area (Å²) in [6.07, 6.45) is 2.70. The summed E-state index contributed by atoms with van der Waals surface area (Å²) in [6.45, 7) is 2.08. The molecule has 1 unspecified atom stereocenters. The summed E-state index contributed by atoms with van der Waals surface area (Å²) in [4.78, 5) is 2.18. The van der Waals surface area contributed by atoms with Gasteiger partial charge in [0.05, 0.1) is 6.10 Å². The average molecular weight is 262 g/mol. The van der Waals surface area contributed by atoms with Crippen molar-refractivity contribution in [3.8, 4) is 0 Å². The molecule has 0 aliphatic heterocycles. The molecule has 1 rings (SSSR count). The van der Waals surface area contributed by atoms with E-state index in [9.17, 15) is 13.5 Å². The maximum atomic E-state index is 10.9. The molecule has 0 aliphatic carbocycles. The number of aliphatic hydroxyl groups excluding tert-OH is 1. The van der Waals surface area contributed by atoms with Gasteiger partial charge in [0.1, 0.15) is 9.84 Å². The van der Waals surface area contributed by atoms with Crippen LogP contribution in [-0.4, -0.2) is 25.5 Å². The minimum Gasteiger partial charge on any atom is -0.388 e. The first-order chi connectivity index (χ1) is 7.42. The van der Waals surface area contributed by atoms with E-state index < -0.39 is 15.9 Å². The molecular formula is C11H18O3S2. The molecule has 0 amide bonds. The molecule has 16 heavy (non-hydrogen) atoms. The van der Waals surface area contributed by atoms with Crippen LogP contribution in [0, 0.1) is 0 Å². The first-order valence-corrected chi connectivity index (χ1v) is 8.24. The number of rotatable bonds is 6. The maximum Gasteiger partial charge on any atom is 0.147 e. The molecule has 0 saturated heterocycles. The molecule has 92 valence electrons. The van der Waals surface area contributed by atoms with Gasteiger partial charge in [-0.05, 0) is 31.4 Å². The maximum absolute atomic E-state index is 10.9. The Morgan fingerprint density at radius 3 is 2.62 bits per heavy atom. The number of thiophene rings is 1. The van der Waals surface area contributed by atoms with Crippen LogP contribution in [0.25, 0.3) is 0 Å². The Morgan fingerprint density at radius 1 is 1.44 bits per heavy atom. The quantitative estimate of drug-likeness (QED) is 0.855. The van der Waals surface area contributed by atoms with E-state index in [1.54, 1.807) is 11.3 Å². The number of aryl methyl sites for hydroxylation is 1. The van der Waals surface area contributed by atoms with Crippen LogP contribution in [0.2, 0.25) is 0 Å². The molecular weight excluding hydrogens is 244 g/mol. The Kier molecular flexibility index (Phi) is 4.95. The second-order valence-corrected chi connectivity index (χ2v) is 7.41. The van der Waals surface area contributed by atoms with E-state index in [-0.39, 0.29) is 5.75 Å². The summed E-state index contributed by atoms with van der Waals surface area (Å²) in [7, 11) is -2.91. The van der Waals surface area contributed by atoms with Crippen molar-refractivity contribution in [3.05, 3.63) is 21.9 Å². The van der Waals surface area contributed by atoms with Crippen LogP contribution in [-0.2, 0) is 16.3 Å². The van der Waals surface area contributed by atoms with Crippen LogP contribution in [0.1, 0.15) is 35.6 Å². The van der Waals surface area contributed by atoms with Crippen molar-refractivity contribution < 1.29 is 13.5 Å². The highest BCUT2D eigenvalue weighted by Gasteiger charge is 2.11. The van der Waals surface area contributed by atoms with Crippen molar-refractivity contribution in [2.24, 2.45) is 0 Å². The first kappa shape index (κ1) is 13.7. The van der Waals surface area contributed by atoms with Gasteiger partial charge in [-0.3, -0.25) is 0 Å². The fourth-order valence-corrected chi connectivity index (χ4v) is 3.11. The molecule has 5 heteroatoms. The molecule has 0 radical (unpaired) electrons. The molecule has 3 nitrogen and oxygen atoms in total. The molecule has 1 heterocycles. The summed E-state index contributed by atoms with van der Waals surface area (Å²) in [5, 5.41) is 9.84. The van der Waals surface area contributed by atoms with E-state index in [0.29, 0.717) is 12.8 Å². The largest absolute Gasteiger partial charge is 0.388 e. The fourth-order valence-electron chi connectivity index (χ4n) is 1.44. The Morgan fingerprint density at radius 2 is 2.12 bits per heavy atom. The van der Waals surface area contributed by atoms with Crippen LogP contribution in [0.3, 0.4) is 0 Å². The highest BCUT2D eigenvalue weighted by Crippen LogP contribution is 2.26. The van der Waals surface area contributed by atoms with Gasteiger partial charge < -0.3 is 5.11 Å². The molecule has 0 bridgehead atoms. The lowest BCUT2D eigenvalue weighted by molar-refractivity contribution is 0.170. The van der Waals surface area contributed by atoms with E-state index in [1.165, 1.54) is 11.1 Å². The van der Waals surface area contributed by atoms with Crippen molar-refractivity contribution in [2.45, 2.75) is 32.3 Å². The summed E-state index contributed by atoms with van der Waals surface area (Å²) >= 11 is 1.60. The molecule has 0 aromatic carbocycles. The van der Waals surface area contributed by atoms with Crippen molar-refractivity contribution in [1.82, 2.24) is 0 Å². The van der Waals surface area contributed by atoms with Crippen molar-refractivity contribution >= 4 is 21.2 Å². The molecule has 1 N–H and O–H groups in total. The number of hydrogen-bond donors (Lipinski definition) is 1. The third-order valence-corrected chi connectivity index (χ3v) is 4.71. The van der Waals surface area contributed by atoms with Gasteiger partial charge in [0.2, 0.25) is 0 Å². The minimum absolute atomic E-state index is 0.149. The van der Waals surface area contributed by atoms with Gasteiger partial charge in [-0.25, -0.2) is 8.42 Å². The summed E-state index contributed by atoms with van der Waals surface area (Å²) in [5.41, 5.74) is 0. The van der Waals surface area contributed by atoms with Crippen LogP contribution in [0.4, 0.5) is 0 Å². The third-order valence-electron chi connectivity index (χ3n) is 2.35. The van der Waals surface area contributed by atoms with Crippen LogP contribution >= 0.6 is 11.3 Å². The van der Waals surface area contributed by atoms with E-state index in [0.717, 1.165) is 11.3 Å². The zero-order valence-corrected chi connectivity index (χ0v) is 11.3. The van der Waals surface area contributed by atoms with Gasteiger partial charge >= 0.3 is 0 Å². The van der Waals surface area contributed by atoms with Crippen LogP contribution < -0.4 is 0 Å². The van der Waals surface area contributed by atoms with E-state index in [4.69, 9.17) is 0 Å². The van der Waals surface area contributed by atoms with Crippen molar-refractivity contribution in [2.75, 3.05) is 12.0 Å². The summed E-state index contributed by atoms with van der Waals surface area (Å²) < 4.78 is 21.8. The SMILES string of the molecule is CCc1ccc(C(O)CCCS(C)(=O)=O)s1. The number of aliphatic hydroxyl groups is 1. The molecule has 1 aromatic rings. The zero-order chi connectivity index (χ0) is 12.2. The minimum atomic E-state index is -2.91. The predicted octanol–water partition coefficient (Wildman–Crippen LogP) is 2.17. The van der Waals surface area contributed by atoms with Gasteiger partial charge in [0.15, 0.2) is 0 Å². The average Bonchev–Trinajstić information content (AvgIpc) is 2.63. The lowest BCUT2D eigenvalue weighted by atomic mass is 10.2. The Labute approximate surface area is 101 Å². The van der Waals surface area contributed by atoms with Gasteiger partial charge in [-0.2, -0.15) is 0 Å². The van der Waals surface area contributed by atoms with Crippen molar-refractivity contribution in [1.29, 1.82) is 0 Å². The topological polar surface area (TPSA) is 54.4 Å². The Bertz CT molecular complexity index is 420. The van der Waals surface area contributed by atoms with Gasteiger partial charge in [0.25, 0.3) is 0 Å². The van der Waals surface area contributed by atoms with Crippen molar-refractivity contribution in [3.63, 3.8) is 0 Å². The van der Waals surface area contributed by atoms with E-state index in [1.807, 2.05) is 12.1 Å². The molecule has 0 saturated carbocycles. The standard InChI is InChI=1S/C11H18O3S2/c1-3-9-6-7-11(15-9)10(12)5-4-8-16(2,13)14/h6-7,10,12H,3-5,8H2,1-2H3. The Balaban J connectivity index is 2.43. The Hall–Kier alpha value is -0.390. The molecule has 0 fully saturated rings. The number of sulfone groups is 1. The normalized spacial score (nSPS) is 13.9.